The molecule has 0 bridgehead atoms. The molecular weight excluding hydrogens is 356 g/mol. The molecule has 3 N–H and O–H groups in total. The zero-order valence-corrected chi connectivity index (χ0v) is 14.8. The summed E-state index contributed by atoms with van der Waals surface area (Å²) in [6.07, 6.45) is -0.656. The summed E-state index contributed by atoms with van der Waals surface area (Å²) in [5.74, 6) is 0. The van der Waals surface area contributed by atoms with Gasteiger partial charge in [0.15, 0.2) is 0 Å². The van der Waals surface area contributed by atoms with E-state index in [0.29, 0.717) is 17.3 Å². The number of rotatable bonds is 5. The number of hydrogen-bond acceptors (Lipinski definition) is 3. The average Bonchev–Trinajstić information content (AvgIpc) is 3.11. The van der Waals surface area contributed by atoms with Crippen molar-refractivity contribution in [2.24, 2.45) is 0 Å². The van der Waals surface area contributed by atoms with Gasteiger partial charge in [0.25, 0.3) is 0 Å². The van der Waals surface area contributed by atoms with E-state index in [9.17, 15) is 9.90 Å². The maximum absolute atomic E-state index is 12.0. The molecule has 3 aromatic rings. The Bertz CT molecular complexity index is 851. The number of benzene rings is 2. The molecule has 2 amide bonds. The minimum Gasteiger partial charge on any atom is -0.383 e. The lowest BCUT2D eigenvalue weighted by Gasteiger charge is -2.09. The number of para-hydroxylation sites is 1. The van der Waals surface area contributed by atoms with Gasteiger partial charge >= 0.3 is 6.03 Å². The van der Waals surface area contributed by atoms with Crippen molar-refractivity contribution < 1.29 is 9.90 Å². The van der Waals surface area contributed by atoms with Gasteiger partial charge in [-0.15, -0.1) is 11.3 Å². The zero-order valence-electron chi connectivity index (χ0n) is 13.3. The average molecular weight is 373 g/mol. The standard InChI is InChI=1S/C19H17ClN2O2S/c20-15-8-4-5-9-16(15)22-19(24)21-12-14-10-11-17(25-14)18(23)13-6-2-1-3-7-13/h1-11,18,23H,12H2,(H2,21,22,24). The van der Waals surface area contributed by atoms with Gasteiger partial charge in [0.2, 0.25) is 0 Å². The van der Waals surface area contributed by atoms with Crippen molar-refractivity contribution in [3.8, 4) is 0 Å². The van der Waals surface area contributed by atoms with Gasteiger partial charge in [0, 0.05) is 9.75 Å². The van der Waals surface area contributed by atoms with Gasteiger partial charge in [0.1, 0.15) is 6.10 Å². The number of urea groups is 1. The van der Waals surface area contributed by atoms with Gasteiger partial charge in [-0.05, 0) is 29.8 Å². The first-order valence-corrected chi connectivity index (χ1v) is 8.94. The Balaban J connectivity index is 1.57. The molecule has 6 heteroatoms. The molecule has 1 aromatic heterocycles. The van der Waals surface area contributed by atoms with E-state index < -0.39 is 6.10 Å². The summed E-state index contributed by atoms with van der Waals surface area (Å²) in [6, 6.07) is 20.0. The van der Waals surface area contributed by atoms with Crippen LogP contribution in [0, 0.1) is 0 Å². The highest BCUT2D eigenvalue weighted by Gasteiger charge is 2.13. The molecule has 0 radical (unpaired) electrons. The van der Waals surface area contributed by atoms with Crippen LogP contribution in [0.4, 0.5) is 10.5 Å². The third-order valence-corrected chi connectivity index (χ3v) is 5.08. The highest BCUT2D eigenvalue weighted by Crippen LogP contribution is 2.28. The largest absolute Gasteiger partial charge is 0.383 e. The fraction of sp³-hybridized carbons (Fsp3) is 0.105. The van der Waals surface area contributed by atoms with Crippen LogP contribution in [0.5, 0.6) is 0 Å². The SMILES string of the molecule is O=C(NCc1ccc(C(O)c2ccccc2)s1)Nc1ccccc1Cl. The van der Waals surface area contributed by atoms with E-state index in [4.69, 9.17) is 11.6 Å². The first-order chi connectivity index (χ1) is 12.1. The summed E-state index contributed by atoms with van der Waals surface area (Å²) < 4.78 is 0. The molecule has 1 atom stereocenters. The predicted octanol–water partition coefficient (Wildman–Crippen LogP) is 4.80. The predicted molar refractivity (Wildman–Crippen MR) is 102 cm³/mol. The summed E-state index contributed by atoms with van der Waals surface area (Å²) in [6.45, 7) is 0.377. The number of carbonyl (C=O) groups excluding carboxylic acids is 1. The first-order valence-electron chi connectivity index (χ1n) is 7.74. The lowest BCUT2D eigenvalue weighted by atomic mass is 10.1. The molecule has 25 heavy (non-hydrogen) atoms. The summed E-state index contributed by atoms with van der Waals surface area (Å²) in [5, 5.41) is 16.4. The van der Waals surface area contributed by atoms with Crippen LogP contribution in [0.3, 0.4) is 0 Å². The molecule has 1 unspecified atom stereocenters. The van der Waals surface area contributed by atoms with Crippen molar-refractivity contribution >= 4 is 34.7 Å². The fourth-order valence-corrected chi connectivity index (χ4v) is 3.48. The Morgan fingerprint density at radius 3 is 2.52 bits per heavy atom. The van der Waals surface area contributed by atoms with E-state index in [0.717, 1.165) is 15.3 Å². The van der Waals surface area contributed by atoms with Gasteiger partial charge < -0.3 is 15.7 Å². The van der Waals surface area contributed by atoms with Crippen molar-refractivity contribution in [2.75, 3.05) is 5.32 Å². The van der Waals surface area contributed by atoms with E-state index in [1.165, 1.54) is 11.3 Å². The van der Waals surface area contributed by atoms with Gasteiger partial charge in [0.05, 0.1) is 17.3 Å². The number of amides is 2. The minimum atomic E-state index is -0.656. The van der Waals surface area contributed by atoms with Crippen LogP contribution in [0.25, 0.3) is 0 Å². The van der Waals surface area contributed by atoms with Gasteiger partial charge in [-0.2, -0.15) is 0 Å². The van der Waals surface area contributed by atoms with Crippen LogP contribution < -0.4 is 10.6 Å². The molecule has 0 aliphatic carbocycles. The Hall–Kier alpha value is -2.34. The quantitative estimate of drug-likeness (QED) is 0.602. The number of thiophene rings is 1. The topological polar surface area (TPSA) is 61.4 Å². The Morgan fingerprint density at radius 1 is 1.04 bits per heavy atom. The maximum atomic E-state index is 12.0. The van der Waals surface area contributed by atoms with Crippen LogP contribution >= 0.6 is 22.9 Å². The summed E-state index contributed by atoms with van der Waals surface area (Å²) in [7, 11) is 0. The van der Waals surface area contributed by atoms with E-state index in [1.54, 1.807) is 24.3 Å². The molecule has 0 aliphatic rings. The van der Waals surface area contributed by atoms with E-state index in [1.807, 2.05) is 42.5 Å². The van der Waals surface area contributed by atoms with Crippen molar-refractivity contribution in [1.29, 1.82) is 0 Å². The van der Waals surface area contributed by atoms with Crippen LogP contribution in [0.15, 0.2) is 66.7 Å². The number of aliphatic hydroxyl groups is 1. The second-order valence-electron chi connectivity index (χ2n) is 5.40. The minimum absolute atomic E-state index is 0.327. The molecule has 0 saturated heterocycles. The molecule has 0 aliphatic heterocycles. The second kappa shape index (κ2) is 8.16. The van der Waals surface area contributed by atoms with Gasteiger partial charge in [-0.3, -0.25) is 0 Å². The van der Waals surface area contributed by atoms with Crippen molar-refractivity contribution in [3.05, 3.63) is 87.1 Å². The maximum Gasteiger partial charge on any atom is 0.319 e. The van der Waals surface area contributed by atoms with Crippen LogP contribution in [-0.2, 0) is 6.54 Å². The molecule has 2 aromatic carbocycles. The van der Waals surface area contributed by atoms with Crippen molar-refractivity contribution in [1.82, 2.24) is 5.32 Å². The third kappa shape index (κ3) is 4.60. The summed E-state index contributed by atoms with van der Waals surface area (Å²) in [4.78, 5) is 13.8. The number of halogens is 1. The van der Waals surface area contributed by atoms with Crippen LogP contribution in [0.2, 0.25) is 5.02 Å². The zero-order chi connectivity index (χ0) is 17.6. The van der Waals surface area contributed by atoms with Crippen molar-refractivity contribution in [2.45, 2.75) is 12.6 Å². The number of anilines is 1. The van der Waals surface area contributed by atoms with E-state index >= 15 is 0 Å². The smallest absolute Gasteiger partial charge is 0.319 e. The lowest BCUT2D eigenvalue weighted by molar-refractivity contribution is 0.224. The first kappa shape index (κ1) is 17.5. The molecule has 0 fully saturated rings. The highest BCUT2D eigenvalue weighted by molar-refractivity contribution is 7.12. The van der Waals surface area contributed by atoms with E-state index in [-0.39, 0.29) is 6.03 Å². The van der Waals surface area contributed by atoms with Crippen molar-refractivity contribution in [3.63, 3.8) is 0 Å². The van der Waals surface area contributed by atoms with Crippen LogP contribution in [-0.4, -0.2) is 11.1 Å². The lowest BCUT2D eigenvalue weighted by Crippen LogP contribution is -2.27. The van der Waals surface area contributed by atoms with Crippen LogP contribution in [0.1, 0.15) is 21.4 Å². The summed E-state index contributed by atoms with van der Waals surface area (Å²) >= 11 is 7.48. The molecule has 0 saturated carbocycles. The third-order valence-electron chi connectivity index (χ3n) is 3.61. The fourth-order valence-electron chi connectivity index (χ4n) is 2.33. The Labute approximate surface area is 155 Å². The molecule has 1 heterocycles. The van der Waals surface area contributed by atoms with E-state index in [2.05, 4.69) is 10.6 Å². The Kier molecular flexibility index (Phi) is 5.71. The molecule has 3 rings (SSSR count). The number of carbonyl (C=O) groups is 1. The molecule has 4 nitrogen and oxygen atoms in total. The monoisotopic (exact) mass is 372 g/mol. The number of nitrogens with one attached hydrogen (secondary N) is 2. The molecular formula is C19H17ClN2O2S. The molecule has 0 spiro atoms. The Morgan fingerprint density at radius 2 is 1.76 bits per heavy atom. The summed E-state index contributed by atoms with van der Waals surface area (Å²) in [5.41, 5.74) is 1.41. The van der Waals surface area contributed by atoms with Gasteiger partial charge in [-0.25, -0.2) is 4.79 Å². The normalized spacial score (nSPS) is 11.8. The second-order valence-corrected chi connectivity index (χ2v) is 7.01. The van der Waals surface area contributed by atoms with Gasteiger partial charge in [-0.1, -0.05) is 54.1 Å². The molecule has 128 valence electrons. The highest BCUT2D eigenvalue weighted by atomic mass is 35.5. The number of aliphatic hydroxyl groups excluding tert-OH is 1. The number of hydrogen-bond donors (Lipinski definition) is 3.